The third kappa shape index (κ3) is 3.43. The van der Waals surface area contributed by atoms with Gasteiger partial charge in [0.25, 0.3) is 0 Å². The molecule has 5 heteroatoms. The lowest BCUT2D eigenvalue weighted by atomic mass is 9.88. The van der Waals surface area contributed by atoms with E-state index >= 15 is 0 Å². The van der Waals surface area contributed by atoms with Crippen LogP contribution in [0.1, 0.15) is 51.4 Å². The first-order chi connectivity index (χ1) is 9.87. The van der Waals surface area contributed by atoms with Crippen LogP contribution in [0, 0.1) is 6.92 Å². The van der Waals surface area contributed by atoms with Gasteiger partial charge in [0.15, 0.2) is 0 Å². The Labute approximate surface area is 133 Å². The lowest BCUT2D eigenvalue weighted by Crippen LogP contribution is -2.58. The number of aromatic nitrogens is 2. The summed E-state index contributed by atoms with van der Waals surface area (Å²) in [6, 6.07) is 0.0505. The molecule has 120 valence electrons. The van der Waals surface area contributed by atoms with Crippen molar-refractivity contribution in [1.82, 2.24) is 14.7 Å². The van der Waals surface area contributed by atoms with Gasteiger partial charge in [-0.1, -0.05) is 18.0 Å². The Balaban J connectivity index is 2.14. The molecule has 2 rings (SSSR count). The molecule has 1 aliphatic rings. The summed E-state index contributed by atoms with van der Waals surface area (Å²) in [5, 5.41) is 5.27. The summed E-state index contributed by atoms with van der Waals surface area (Å²) in [7, 11) is 0. The van der Waals surface area contributed by atoms with Crippen molar-refractivity contribution in [3.8, 4) is 0 Å². The molecule has 0 bridgehead atoms. The van der Waals surface area contributed by atoms with Crippen LogP contribution in [-0.4, -0.2) is 39.4 Å². The smallest absolute Gasteiger partial charge is 0.0847 e. The number of aryl methyl sites for hydroxylation is 2. The second-order valence-electron chi connectivity index (χ2n) is 6.67. The van der Waals surface area contributed by atoms with E-state index in [-0.39, 0.29) is 11.6 Å². The number of hydrogen-bond acceptors (Lipinski definition) is 3. The number of piperidine rings is 1. The summed E-state index contributed by atoms with van der Waals surface area (Å²) in [4.78, 5) is 2.54. The average molecular weight is 313 g/mol. The molecule has 1 atom stereocenters. The quantitative estimate of drug-likeness (QED) is 0.909. The van der Waals surface area contributed by atoms with Crippen LogP contribution in [0.15, 0.2) is 0 Å². The first kappa shape index (κ1) is 16.8. The predicted molar refractivity (Wildman–Crippen MR) is 88.8 cm³/mol. The average Bonchev–Trinajstić information content (AvgIpc) is 2.75. The molecule has 0 aliphatic carbocycles. The van der Waals surface area contributed by atoms with E-state index in [1.807, 2.05) is 11.6 Å². The SMILES string of the molecule is CCn1nc(C)c(Cl)c1CC(N)C(C)(C)N1CCCCC1. The number of halogens is 1. The van der Waals surface area contributed by atoms with Crippen molar-refractivity contribution in [3.05, 3.63) is 16.4 Å². The van der Waals surface area contributed by atoms with Crippen molar-refractivity contribution in [1.29, 1.82) is 0 Å². The van der Waals surface area contributed by atoms with Crippen LogP contribution in [0.4, 0.5) is 0 Å². The Bertz CT molecular complexity index is 475. The van der Waals surface area contributed by atoms with Crippen molar-refractivity contribution >= 4 is 11.6 Å². The van der Waals surface area contributed by atoms with Crippen LogP contribution in [0.25, 0.3) is 0 Å². The molecule has 1 unspecified atom stereocenters. The van der Waals surface area contributed by atoms with Gasteiger partial charge >= 0.3 is 0 Å². The molecule has 1 aromatic rings. The predicted octanol–water partition coefficient (Wildman–Crippen LogP) is 3.00. The van der Waals surface area contributed by atoms with Gasteiger partial charge in [-0.15, -0.1) is 0 Å². The zero-order chi connectivity index (χ0) is 15.6. The summed E-state index contributed by atoms with van der Waals surface area (Å²) < 4.78 is 1.99. The van der Waals surface area contributed by atoms with Gasteiger partial charge in [-0.05, 0) is 53.6 Å². The van der Waals surface area contributed by atoms with E-state index in [0.29, 0.717) is 0 Å². The van der Waals surface area contributed by atoms with Crippen LogP contribution >= 0.6 is 11.6 Å². The second-order valence-corrected chi connectivity index (χ2v) is 7.05. The van der Waals surface area contributed by atoms with E-state index in [1.54, 1.807) is 0 Å². The molecule has 1 saturated heterocycles. The summed E-state index contributed by atoms with van der Waals surface area (Å²) in [6.45, 7) is 11.7. The van der Waals surface area contributed by atoms with Crippen molar-refractivity contribution in [3.63, 3.8) is 0 Å². The summed E-state index contributed by atoms with van der Waals surface area (Å²) in [6.07, 6.45) is 4.68. The molecule has 2 heterocycles. The minimum absolute atomic E-state index is 0.0134. The van der Waals surface area contributed by atoms with Gasteiger partial charge in [-0.3, -0.25) is 9.58 Å². The highest BCUT2D eigenvalue weighted by Gasteiger charge is 2.34. The fourth-order valence-corrected chi connectivity index (χ4v) is 3.44. The highest BCUT2D eigenvalue weighted by atomic mass is 35.5. The van der Waals surface area contributed by atoms with Gasteiger partial charge in [0, 0.05) is 24.5 Å². The maximum atomic E-state index is 6.57. The second kappa shape index (κ2) is 6.67. The summed E-state index contributed by atoms with van der Waals surface area (Å²) >= 11 is 6.42. The molecule has 1 aromatic heterocycles. The largest absolute Gasteiger partial charge is 0.326 e. The molecule has 0 aromatic carbocycles. The van der Waals surface area contributed by atoms with Crippen LogP contribution in [0.3, 0.4) is 0 Å². The van der Waals surface area contributed by atoms with E-state index in [9.17, 15) is 0 Å². The third-order valence-electron chi connectivity index (χ3n) is 4.94. The molecule has 2 N–H and O–H groups in total. The highest BCUT2D eigenvalue weighted by Crippen LogP contribution is 2.28. The van der Waals surface area contributed by atoms with Gasteiger partial charge in [0.2, 0.25) is 0 Å². The standard InChI is InChI=1S/C16H29ClN4/c1-5-21-13(15(17)12(2)19-21)11-14(18)16(3,4)20-9-7-6-8-10-20/h14H,5-11,18H2,1-4H3. The van der Waals surface area contributed by atoms with E-state index in [0.717, 1.165) is 42.5 Å². The van der Waals surface area contributed by atoms with Gasteiger partial charge in [-0.2, -0.15) is 5.10 Å². The maximum Gasteiger partial charge on any atom is 0.0847 e. The Hall–Kier alpha value is -0.580. The first-order valence-electron chi connectivity index (χ1n) is 8.10. The Kier molecular flexibility index (Phi) is 5.33. The van der Waals surface area contributed by atoms with Gasteiger partial charge < -0.3 is 5.73 Å². The zero-order valence-electron chi connectivity index (χ0n) is 13.8. The number of nitrogens with zero attached hydrogens (tertiary/aromatic N) is 3. The summed E-state index contributed by atoms with van der Waals surface area (Å²) in [5.41, 5.74) is 8.54. The number of rotatable bonds is 5. The van der Waals surface area contributed by atoms with E-state index in [4.69, 9.17) is 17.3 Å². The molecular formula is C16H29ClN4. The molecule has 0 saturated carbocycles. The van der Waals surface area contributed by atoms with Crippen LogP contribution in [0.5, 0.6) is 0 Å². The van der Waals surface area contributed by atoms with E-state index in [2.05, 4.69) is 30.8 Å². The topological polar surface area (TPSA) is 47.1 Å². The monoisotopic (exact) mass is 312 g/mol. The molecule has 0 amide bonds. The fraction of sp³-hybridized carbons (Fsp3) is 0.812. The molecule has 21 heavy (non-hydrogen) atoms. The van der Waals surface area contributed by atoms with Crippen LogP contribution < -0.4 is 5.73 Å². The highest BCUT2D eigenvalue weighted by molar-refractivity contribution is 6.31. The minimum Gasteiger partial charge on any atom is -0.326 e. The first-order valence-corrected chi connectivity index (χ1v) is 8.48. The van der Waals surface area contributed by atoms with E-state index < -0.39 is 0 Å². The molecular weight excluding hydrogens is 284 g/mol. The van der Waals surface area contributed by atoms with Gasteiger partial charge in [0.05, 0.1) is 16.4 Å². The van der Waals surface area contributed by atoms with Crippen molar-refractivity contribution in [2.75, 3.05) is 13.1 Å². The lowest BCUT2D eigenvalue weighted by molar-refractivity contribution is 0.0725. The molecule has 1 aliphatic heterocycles. The fourth-order valence-electron chi connectivity index (χ4n) is 3.23. The molecule has 0 radical (unpaired) electrons. The Morgan fingerprint density at radius 1 is 1.29 bits per heavy atom. The number of hydrogen-bond donors (Lipinski definition) is 1. The Morgan fingerprint density at radius 3 is 2.48 bits per heavy atom. The summed E-state index contributed by atoms with van der Waals surface area (Å²) in [5.74, 6) is 0. The van der Waals surface area contributed by atoms with Crippen LogP contribution in [-0.2, 0) is 13.0 Å². The van der Waals surface area contributed by atoms with Crippen molar-refractivity contribution in [2.24, 2.45) is 5.73 Å². The third-order valence-corrected chi connectivity index (χ3v) is 5.44. The molecule has 4 nitrogen and oxygen atoms in total. The minimum atomic E-state index is -0.0134. The normalized spacial score (nSPS) is 19.0. The van der Waals surface area contributed by atoms with Crippen LogP contribution in [0.2, 0.25) is 5.02 Å². The van der Waals surface area contributed by atoms with Crippen molar-refractivity contribution < 1.29 is 0 Å². The Morgan fingerprint density at radius 2 is 1.90 bits per heavy atom. The zero-order valence-corrected chi connectivity index (χ0v) is 14.6. The number of likely N-dealkylation sites (tertiary alicyclic amines) is 1. The molecule has 0 spiro atoms. The van der Waals surface area contributed by atoms with E-state index in [1.165, 1.54) is 19.3 Å². The van der Waals surface area contributed by atoms with Crippen molar-refractivity contribution in [2.45, 2.75) is 71.5 Å². The maximum absolute atomic E-state index is 6.57. The number of nitrogens with two attached hydrogens (primary N) is 1. The van der Waals surface area contributed by atoms with Gasteiger partial charge in [0.1, 0.15) is 0 Å². The molecule has 1 fully saturated rings. The lowest BCUT2D eigenvalue weighted by Gasteiger charge is -2.44. The van der Waals surface area contributed by atoms with Gasteiger partial charge in [-0.25, -0.2) is 0 Å².